The molecule has 2 aliphatic heterocycles. The molecule has 2 aliphatic rings. The Morgan fingerprint density at radius 1 is 1.44 bits per heavy atom. The van der Waals surface area contributed by atoms with Crippen molar-refractivity contribution in [2.24, 2.45) is 7.05 Å². The van der Waals surface area contributed by atoms with Crippen LogP contribution in [0.3, 0.4) is 0 Å². The van der Waals surface area contributed by atoms with E-state index in [1.165, 1.54) is 12.0 Å². The molecule has 1 unspecified atom stereocenters. The topological polar surface area (TPSA) is 68.6 Å². The van der Waals surface area contributed by atoms with E-state index in [1.807, 2.05) is 36.1 Å². The first kappa shape index (κ1) is 16.0. The second kappa shape index (κ2) is 6.76. The number of ether oxygens (including phenoxy) is 2. The molecule has 7 nitrogen and oxygen atoms in total. The number of rotatable bonds is 5. The molecule has 1 saturated heterocycles. The van der Waals surface area contributed by atoms with Gasteiger partial charge in [-0.15, -0.1) is 0 Å². The molecule has 0 aliphatic carbocycles. The van der Waals surface area contributed by atoms with Crippen LogP contribution in [0.5, 0.6) is 11.5 Å². The third-order valence-corrected chi connectivity index (χ3v) is 4.71. The van der Waals surface area contributed by atoms with Gasteiger partial charge in [0, 0.05) is 37.5 Å². The lowest BCUT2D eigenvalue weighted by molar-refractivity contribution is -0.118. The number of aromatic nitrogens is 2. The van der Waals surface area contributed by atoms with Crippen LogP contribution in [0.4, 0.5) is 5.69 Å². The average Bonchev–Trinajstić information content (AvgIpc) is 3.23. The summed E-state index contributed by atoms with van der Waals surface area (Å²) in [6.45, 7) is 2.62. The van der Waals surface area contributed by atoms with Crippen molar-refractivity contribution in [3.05, 3.63) is 36.2 Å². The van der Waals surface area contributed by atoms with Crippen LogP contribution in [-0.2, 0) is 11.8 Å². The number of hydrogen-bond acceptors (Lipinski definition) is 5. The molecule has 0 saturated carbocycles. The normalized spacial score (nSPS) is 20.0. The number of aryl methyl sites for hydroxylation is 1. The van der Waals surface area contributed by atoms with Crippen LogP contribution in [0.25, 0.3) is 0 Å². The Labute approximate surface area is 146 Å². The predicted molar refractivity (Wildman–Crippen MR) is 92.8 cm³/mol. The highest BCUT2D eigenvalue weighted by Crippen LogP contribution is 2.33. The van der Waals surface area contributed by atoms with Gasteiger partial charge in [-0.05, 0) is 31.5 Å². The number of hydrogen-bond donors (Lipinski definition) is 1. The molecule has 1 atom stereocenters. The summed E-state index contributed by atoms with van der Waals surface area (Å²) in [7, 11) is 1.95. The highest BCUT2D eigenvalue weighted by atomic mass is 16.5. The van der Waals surface area contributed by atoms with E-state index in [4.69, 9.17) is 9.47 Å². The van der Waals surface area contributed by atoms with E-state index in [1.54, 1.807) is 0 Å². The van der Waals surface area contributed by atoms with E-state index in [0.717, 1.165) is 25.3 Å². The predicted octanol–water partition coefficient (Wildman–Crippen LogP) is 1.97. The molecule has 132 valence electrons. The van der Waals surface area contributed by atoms with Crippen molar-refractivity contribution in [2.75, 3.05) is 31.6 Å². The molecule has 1 fully saturated rings. The smallest absolute Gasteiger partial charge is 0.262 e. The Bertz CT molecular complexity index is 773. The summed E-state index contributed by atoms with van der Waals surface area (Å²) in [5.41, 5.74) is 1.97. The third kappa shape index (κ3) is 3.46. The summed E-state index contributed by atoms with van der Waals surface area (Å²) in [5, 5.41) is 7.06. The molecule has 0 bridgehead atoms. The van der Waals surface area contributed by atoms with Gasteiger partial charge in [0.25, 0.3) is 5.91 Å². The highest BCUT2D eigenvalue weighted by molar-refractivity contribution is 5.95. The minimum atomic E-state index is -0.128. The summed E-state index contributed by atoms with van der Waals surface area (Å²) in [5.74, 6) is 1.29. The summed E-state index contributed by atoms with van der Waals surface area (Å²) >= 11 is 0. The lowest BCUT2D eigenvalue weighted by Gasteiger charge is -2.24. The number of benzene rings is 1. The zero-order valence-corrected chi connectivity index (χ0v) is 14.3. The van der Waals surface area contributed by atoms with E-state index >= 15 is 0 Å². The van der Waals surface area contributed by atoms with Gasteiger partial charge in [-0.2, -0.15) is 5.10 Å². The fourth-order valence-corrected chi connectivity index (χ4v) is 3.51. The van der Waals surface area contributed by atoms with Gasteiger partial charge in [-0.3, -0.25) is 14.4 Å². The monoisotopic (exact) mass is 342 g/mol. The van der Waals surface area contributed by atoms with Crippen LogP contribution < -0.4 is 14.8 Å². The van der Waals surface area contributed by atoms with Gasteiger partial charge in [-0.25, -0.2) is 0 Å². The SMILES string of the molecule is Cn1cc(C2CCCN2CCOc2ccc3c(c2)OCC(=O)N3)cn1. The molecule has 3 heterocycles. The van der Waals surface area contributed by atoms with Crippen LogP contribution in [0.1, 0.15) is 24.4 Å². The first-order valence-corrected chi connectivity index (χ1v) is 8.61. The van der Waals surface area contributed by atoms with Gasteiger partial charge in [0.2, 0.25) is 0 Å². The van der Waals surface area contributed by atoms with E-state index < -0.39 is 0 Å². The first-order chi connectivity index (χ1) is 12.2. The van der Waals surface area contributed by atoms with Crippen molar-refractivity contribution in [2.45, 2.75) is 18.9 Å². The van der Waals surface area contributed by atoms with Gasteiger partial charge < -0.3 is 14.8 Å². The average molecular weight is 342 g/mol. The summed E-state index contributed by atoms with van der Waals surface area (Å²) in [6.07, 6.45) is 6.42. The molecule has 25 heavy (non-hydrogen) atoms. The van der Waals surface area contributed by atoms with Crippen molar-refractivity contribution in [1.82, 2.24) is 14.7 Å². The lowest BCUT2D eigenvalue weighted by atomic mass is 10.1. The number of amides is 1. The van der Waals surface area contributed by atoms with Crippen LogP contribution in [0, 0.1) is 0 Å². The number of nitrogens with one attached hydrogen (secondary N) is 1. The minimum absolute atomic E-state index is 0.0526. The van der Waals surface area contributed by atoms with E-state index in [9.17, 15) is 4.79 Å². The van der Waals surface area contributed by atoms with Crippen LogP contribution in [0.15, 0.2) is 30.6 Å². The molecule has 4 rings (SSSR count). The molecular weight excluding hydrogens is 320 g/mol. The molecule has 1 aromatic heterocycles. The van der Waals surface area contributed by atoms with Crippen molar-refractivity contribution in [3.63, 3.8) is 0 Å². The second-order valence-electron chi connectivity index (χ2n) is 6.48. The Morgan fingerprint density at radius 2 is 2.36 bits per heavy atom. The second-order valence-corrected chi connectivity index (χ2v) is 6.48. The third-order valence-electron chi connectivity index (χ3n) is 4.71. The standard InChI is InChI=1S/C18H22N4O3/c1-21-11-13(10-19-21)16-3-2-6-22(16)7-8-24-14-4-5-15-17(9-14)25-12-18(23)20-15/h4-5,9-11,16H,2-3,6-8,12H2,1H3,(H,20,23). The number of nitrogens with zero attached hydrogens (tertiary/aromatic N) is 3. The van der Waals surface area contributed by atoms with Gasteiger partial charge in [0.15, 0.2) is 6.61 Å². The molecule has 7 heteroatoms. The summed E-state index contributed by atoms with van der Waals surface area (Å²) in [4.78, 5) is 13.8. The maximum absolute atomic E-state index is 11.3. The lowest BCUT2D eigenvalue weighted by Crippen LogP contribution is -2.28. The van der Waals surface area contributed by atoms with Crippen molar-refractivity contribution in [1.29, 1.82) is 0 Å². The maximum atomic E-state index is 11.3. The number of fused-ring (bicyclic) bond motifs is 1. The van der Waals surface area contributed by atoms with Gasteiger partial charge in [-0.1, -0.05) is 0 Å². The largest absolute Gasteiger partial charge is 0.492 e. The number of likely N-dealkylation sites (tertiary alicyclic amines) is 1. The van der Waals surface area contributed by atoms with E-state index in [0.29, 0.717) is 24.1 Å². The Balaban J connectivity index is 1.34. The van der Waals surface area contributed by atoms with Crippen LogP contribution in [-0.4, -0.2) is 46.9 Å². The fraction of sp³-hybridized carbons (Fsp3) is 0.444. The van der Waals surface area contributed by atoms with E-state index in [2.05, 4.69) is 21.5 Å². The molecule has 0 radical (unpaired) electrons. The van der Waals surface area contributed by atoms with Gasteiger partial charge in [0.05, 0.1) is 11.9 Å². The number of carbonyl (C=O) groups is 1. The Kier molecular flexibility index (Phi) is 4.31. The van der Waals surface area contributed by atoms with Crippen molar-refractivity contribution in [3.8, 4) is 11.5 Å². The van der Waals surface area contributed by atoms with Crippen LogP contribution in [0.2, 0.25) is 0 Å². The molecule has 2 aromatic rings. The quantitative estimate of drug-likeness (QED) is 0.900. The van der Waals surface area contributed by atoms with Crippen LogP contribution >= 0.6 is 0 Å². The van der Waals surface area contributed by atoms with Crippen molar-refractivity contribution >= 4 is 11.6 Å². The maximum Gasteiger partial charge on any atom is 0.262 e. The van der Waals surface area contributed by atoms with Gasteiger partial charge >= 0.3 is 0 Å². The molecule has 1 aromatic carbocycles. The van der Waals surface area contributed by atoms with Gasteiger partial charge in [0.1, 0.15) is 18.1 Å². The number of anilines is 1. The summed E-state index contributed by atoms with van der Waals surface area (Å²) in [6, 6.07) is 5.93. The zero-order chi connectivity index (χ0) is 17.2. The first-order valence-electron chi connectivity index (χ1n) is 8.61. The Morgan fingerprint density at radius 3 is 3.20 bits per heavy atom. The minimum Gasteiger partial charge on any atom is -0.492 e. The number of carbonyl (C=O) groups excluding carboxylic acids is 1. The zero-order valence-electron chi connectivity index (χ0n) is 14.3. The van der Waals surface area contributed by atoms with Crippen molar-refractivity contribution < 1.29 is 14.3 Å². The molecular formula is C18H22N4O3. The highest BCUT2D eigenvalue weighted by Gasteiger charge is 2.26. The summed E-state index contributed by atoms with van der Waals surface area (Å²) < 4.78 is 13.2. The molecule has 1 N–H and O–H groups in total. The fourth-order valence-electron chi connectivity index (χ4n) is 3.51. The van der Waals surface area contributed by atoms with E-state index in [-0.39, 0.29) is 12.5 Å². The molecule has 0 spiro atoms. The molecule has 1 amide bonds. The Hall–Kier alpha value is -2.54.